The van der Waals surface area contributed by atoms with Crippen LogP contribution in [0.4, 0.5) is 27.1 Å². The molecule has 1 saturated carbocycles. The van der Waals surface area contributed by atoms with Gasteiger partial charge in [0.25, 0.3) is 11.8 Å². The molecule has 5 aromatic rings. The molecular weight excluding hydrogens is 759 g/mol. The zero-order valence-corrected chi connectivity index (χ0v) is 31.8. The smallest absolute Gasteiger partial charge is 0.260 e. The number of hydrazine groups is 1. The van der Waals surface area contributed by atoms with Gasteiger partial charge in [-0.2, -0.15) is 5.01 Å². The molecule has 0 aromatic heterocycles. The molecule has 4 aliphatic rings. The number of para-hydroxylation sites is 2. The minimum atomic E-state index is -1.57. The van der Waals surface area contributed by atoms with Crippen molar-refractivity contribution in [2.24, 2.45) is 23.7 Å². The van der Waals surface area contributed by atoms with Crippen LogP contribution < -0.4 is 20.4 Å². The number of halogens is 2. The summed E-state index contributed by atoms with van der Waals surface area (Å²) in [4.78, 5) is 60.7. The maximum Gasteiger partial charge on any atom is 0.260 e. The molecular formula is C46H38ClFN4O6. The molecule has 0 radical (unpaired) electrons. The Morgan fingerprint density at radius 2 is 1.43 bits per heavy atom. The Bertz CT molecular complexity index is 2450. The SMILES string of the molecule is O=C1[C@@H]2C[C@@H]3C(=CC[C@@H]4C(=O)N(c5ccc(Nc6ccccc6)cc5)C(=O)[C@@H]43)[C@H](c3ccccc3OCCO)[C@]2(c2ccc(Cl)cc2)C(=O)N1Nc1ccc(F)cc1. The summed E-state index contributed by atoms with van der Waals surface area (Å²) in [6, 6.07) is 36.2. The number of anilines is 4. The molecule has 10 nitrogen and oxygen atoms in total. The quantitative estimate of drug-likeness (QED) is 0.0967. The summed E-state index contributed by atoms with van der Waals surface area (Å²) >= 11 is 6.41. The first-order chi connectivity index (χ1) is 28.2. The number of imide groups is 2. The van der Waals surface area contributed by atoms with Crippen molar-refractivity contribution in [3.8, 4) is 5.75 Å². The summed E-state index contributed by atoms with van der Waals surface area (Å²) in [5.74, 6) is -5.82. The maximum atomic E-state index is 15.4. The minimum Gasteiger partial charge on any atom is -0.491 e. The number of carbonyl (C=O) groups is 4. The molecule has 3 N–H and O–H groups in total. The van der Waals surface area contributed by atoms with E-state index in [1.807, 2.05) is 60.7 Å². The predicted octanol–water partition coefficient (Wildman–Crippen LogP) is 7.78. The van der Waals surface area contributed by atoms with Gasteiger partial charge in [0.15, 0.2) is 0 Å². The third kappa shape index (κ3) is 6.04. The van der Waals surface area contributed by atoms with Gasteiger partial charge in [0.2, 0.25) is 11.8 Å². The average Bonchev–Trinajstić information content (AvgIpc) is 3.62. The minimum absolute atomic E-state index is 0.0268. The number of ether oxygens (including phenoxy) is 1. The van der Waals surface area contributed by atoms with Crippen molar-refractivity contribution >= 4 is 58.0 Å². The molecule has 292 valence electrons. The van der Waals surface area contributed by atoms with Crippen molar-refractivity contribution < 1.29 is 33.4 Å². The molecule has 0 unspecified atom stereocenters. The highest BCUT2D eigenvalue weighted by atomic mass is 35.5. The average molecular weight is 797 g/mol. The number of nitrogens with one attached hydrogen (secondary N) is 2. The Hall–Kier alpha value is -6.30. The summed E-state index contributed by atoms with van der Waals surface area (Å²) in [6.07, 6.45) is 2.30. The molecule has 58 heavy (non-hydrogen) atoms. The topological polar surface area (TPSA) is 128 Å². The van der Waals surface area contributed by atoms with E-state index in [1.165, 1.54) is 29.2 Å². The summed E-state index contributed by atoms with van der Waals surface area (Å²) in [5.41, 5.74) is 5.71. The fourth-order valence-electron chi connectivity index (χ4n) is 9.64. The van der Waals surface area contributed by atoms with Crippen LogP contribution >= 0.6 is 11.6 Å². The lowest BCUT2D eigenvalue weighted by atomic mass is 9.49. The number of aliphatic hydroxyl groups is 1. The number of aliphatic hydroxyl groups excluding tert-OH is 1. The van der Waals surface area contributed by atoms with Gasteiger partial charge in [-0.25, -0.2) is 4.39 Å². The number of allylic oxidation sites excluding steroid dienone is 2. The van der Waals surface area contributed by atoms with Crippen LogP contribution in [-0.2, 0) is 24.6 Å². The first-order valence-corrected chi connectivity index (χ1v) is 19.6. The van der Waals surface area contributed by atoms with Crippen molar-refractivity contribution in [1.29, 1.82) is 0 Å². The van der Waals surface area contributed by atoms with Gasteiger partial charge in [-0.1, -0.05) is 71.8 Å². The van der Waals surface area contributed by atoms with Gasteiger partial charge in [-0.05, 0) is 103 Å². The Kier molecular flexibility index (Phi) is 9.57. The number of hydrogen-bond donors (Lipinski definition) is 3. The van der Waals surface area contributed by atoms with Crippen LogP contribution in [0.15, 0.2) is 139 Å². The third-order valence-electron chi connectivity index (χ3n) is 12.0. The number of carbonyl (C=O) groups excluding carboxylic acids is 4. The molecule has 4 amide bonds. The second-order valence-electron chi connectivity index (χ2n) is 15.0. The van der Waals surface area contributed by atoms with Crippen molar-refractivity contribution in [1.82, 2.24) is 5.01 Å². The molecule has 2 saturated heterocycles. The summed E-state index contributed by atoms with van der Waals surface area (Å²) < 4.78 is 20.1. The summed E-state index contributed by atoms with van der Waals surface area (Å²) in [6.45, 7) is -0.289. The number of hydrogen-bond acceptors (Lipinski definition) is 8. The zero-order valence-electron chi connectivity index (χ0n) is 31.1. The second kappa shape index (κ2) is 14.9. The summed E-state index contributed by atoms with van der Waals surface area (Å²) in [5, 5.41) is 14.5. The van der Waals surface area contributed by atoms with E-state index in [4.69, 9.17) is 16.3 Å². The monoisotopic (exact) mass is 796 g/mol. The largest absolute Gasteiger partial charge is 0.491 e. The van der Waals surface area contributed by atoms with Gasteiger partial charge in [-0.15, -0.1) is 0 Å². The molecule has 0 spiro atoms. The lowest BCUT2D eigenvalue weighted by Gasteiger charge is -2.50. The van der Waals surface area contributed by atoms with Gasteiger partial charge in [0.05, 0.1) is 41.2 Å². The first-order valence-electron chi connectivity index (χ1n) is 19.2. The van der Waals surface area contributed by atoms with Gasteiger partial charge in [0, 0.05) is 27.9 Å². The lowest BCUT2D eigenvalue weighted by Crippen LogP contribution is -2.53. The normalized spacial score (nSPS) is 24.9. The van der Waals surface area contributed by atoms with E-state index < -0.39 is 52.6 Å². The van der Waals surface area contributed by atoms with Crippen LogP contribution in [0, 0.1) is 29.5 Å². The molecule has 9 rings (SSSR count). The van der Waals surface area contributed by atoms with Crippen LogP contribution in [0.2, 0.25) is 5.02 Å². The Morgan fingerprint density at radius 1 is 0.759 bits per heavy atom. The van der Waals surface area contributed by atoms with Crippen molar-refractivity contribution in [3.63, 3.8) is 0 Å². The van der Waals surface area contributed by atoms with E-state index in [1.54, 1.807) is 48.5 Å². The Morgan fingerprint density at radius 3 is 2.16 bits per heavy atom. The van der Waals surface area contributed by atoms with Gasteiger partial charge in [-0.3, -0.25) is 29.5 Å². The van der Waals surface area contributed by atoms with Crippen LogP contribution in [-0.4, -0.2) is 47.0 Å². The number of fused-ring (bicyclic) bond motifs is 4. The highest BCUT2D eigenvalue weighted by Crippen LogP contribution is 2.65. The van der Waals surface area contributed by atoms with Crippen molar-refractivity contribution in [2.45, 2.75) is 24.2 Å². The van der Waals surface area contributed by atoms with E-state index in [0.29, 0.717) is 33.3 Å². The van der Waals surface area contributed by atoms with Gasteiger partial charge < -0.3 is 15.2 Å². The van der Waals surface area contributed by atoms with Crippen molar-refractivity contribution in [3.05, 3.63) is 161 Å². The van der Waals surface area contributed by atoms with Gasteiger partial charge in [0.1, 0.15) is 18.2 Å². The zero-order chi connectivity index (χ0) is 40.1. The second-order valence-corrected chi connectivity index (χ2v) is 15.5. The number of amides is 4. The van der Waals surface area contributed by atoms with Gasteiger partial charge >= 0.3 is 0 Å². The molecule has 0 bridgehead atoms. The Balaban J connectivity index is 1.16. The molecule has 2 heterocycles. The fourth-order valence-corrected chi connectivity index (χ4v) is 9.77. The predicted molar refractivity (Wildman–Crippen MR) is 217 cm³/mol. The molecule has 2 aliphatic carbocycles. The van der Waals surface area contributed by atoms with E-state index in [0.717, 1.165) is 22.0 Å². The van der Waals surface area contributed by atoms with E-state index in [-0.39, 0.29) is 37.9 Å². The fraction of sp³-hybridized carbons (Fsp3) is 0.217. The van der Waals surface area contributed by atoms with Crippen LogP contribution in [0.5, 0.6) is 5.75 Å². The number of benzene rings is 5. The molecule has 3 fully saturated rings. The standard InChI is InChI=1S/C46H38ClFN4O6/c47-28-12-10-27(11-13-28)46-38(43(55)52(45(46)57)50-32-16-14-29(48)15-17-32)26-37-34(41(46)35-8-4-5-9-39(35)58-25-24-53)22-23-36-40(37)44(56)51(42(36)54)33-20-18-31(19-21-33)49-30-6-2-1-3-7-30/h1-22,36-38,40-41,49-50,53H,23-26H2/t36-,37+,38-,40-,41+,46+/m0/s1. The summed E-state index contributed by atoms with van der Waals surface area (Å²) in [7, 11) is 0. The third-order valence-corrected chi connectivity index (χ3v) is 12.3. The molecule has 5 aromatic carbocycles. The van der Waals surface area contributed by atoms with Crippen LogP contribution in [0.3, 0.4) is 0 Å². The van der Waals surface area contributed by atoms with E-state index in [9.17, 15) is 23.9 Å². The lowest BCUT2D eigenvalue weighted by molar-refractivity contribution is -0.138. The van der Waals surface area contributed by atoms with Crippen molar-refractivity contribution in [2.75, 3.05) is 28.9 Å². The molecule has 2 aliphatic heterocycles. The molecule has 6 atom stereocenters. The Labute approximate surface area is 338 Å². The highest BCUT2D eigenvalue weighted by Gasteiger charge is 2.70. The number of nitrogens with zero attached hydrogens (tertiary/aromatic N) is 2. The number of rotatable bonds is 10. The first kappa shape index (κ1) is 37.3. The van der Waals surface area contributed by atoms with Crippen LogP contribution in [0.1, 0.15) is 29.9 Å². The maximum absolute atomic E-state index is 15.4. The van der Waals surface area contributed by atoms with E-state index >= 15 is 4.79 Å². The molecule has 12 heteroatoms. The van der Waals surface area contributed by atoms with E-state index in [2.05, 4.69) is 10.7 Å². The van der Waals surface area contributed by atoms with Crippen LogP contribution in [0.25, 0.3) is 0 Å². The highest BCUT2D eigenvalue weighted by molar-refractivity contribution is 6.30.